The van der Waals surface area contributed by atoms with Gasteiger partial charge in [0.1, 0.15) is 0 Å². The molecule has 8 heavy (non-hydrogen) atoms. The molecule has 1 heterocycles. The summed E-state index contributed by atoms with van der Waals surface area (Å²) in [6.07, 6.45) is -2.33. The molecule has 0 aromatic carbocycles. The first-order valence-electron chi connectivity index (χ1n) is 2.40. The maximum Gasteiger partial charge on any atom is 0.206 e. The van der Waals surface area contributed by atoms with E-state index < -0.39 is 12.6 Å². The molecule has 2 atom stereocenters. The van der Waals surface area contributed by atoms with Gasteiger partial charge < -0.3 is 19.7 Å². The predicted molar refractivity (Wildman–Crippen MR) is 23.9 cm³/mol. The van der Waals surface area contributed by atoms with Crippen LogP contribution in [0.1, 0.15) is 0 Å². The van der Waals surface area contributed by atoms with Gasteiger partial charge in [-0.1, -0.05) is 0 Å². The van der Waals surface area contributed by atoms with Crippen LogP contribution in [0.25, 0.3) is 0 Å². The van der Waals surface area contributed by atoms with Crippen LogP contribution in [-0.4, -0.2) is 36.0 Å². The van der Waals surface area contributed by atoms with Gasteiger partial charge in [0.25, 0.3) is 0 Å². The summed E-state index contributed by atoms with van der Waals surface area (Å²) in [7, 11) is 0. The maximum atomic E-state index is 8.58. The van der Waals surface area contributed by atoms with Crippen molar-refractivity contribution in [1.29, 1.82) is 0 Å². The quantitative estimate of drug-likeness (QED) is 0.416. The molecule has 0 aromatic rings. The lowest BCUT2D eigenvalue weighted by molar-refractivity contribution is -0.291. The van der Waals surface area contributed by atoms with Crippen molar-refractivity contribution < 1.29 is 19.7 Å². The normalized spacial score (nSPS) is 39.8. The molecule has 1 fully saturated rings. The lowest BCUT2D eigenvalue weighted by Crippen LogP contribution is -2.37. The lowest BCUT2D eigenvalue weighted by Gasteiger charge is -2.23. The number of hydrogen-bond acceptors (Lipinski definition) is 4. The summed E-state index contributed by atoms with van der Waals surface area (Å²) in [5.74, 6) is 0. The molecule has 0 saturated carbocycles. The van der Waals surface area contributed by atoms with Crippen molar-refractivity contribution in [2.75, 3.05) is 13.2 Å². The van der Waals surface area contributed by atoms with Gasteiger partial charge in [-0.25, -0.2) is 0 Å². The Kier molecular flexibility index (Phi) is 1.80. The first kappa shape index (κ1) is 5.97. The lowest BCUT2D eigenvalue weighted by atomic mass is 10.5. The Morgan fingerprint density at radius 2 is 1.38 bits per heavy atom. The van der Waals surface area contributed by atoms with E-state index in [9.17, 15) is 0 Å². The summed E-state index contributed by atoms with van der Waals surface area (Å²) >= 11 is 0. The van der Waals surface area contributed by atoms with Gasteiger partial charge >= 0.3 is 0 Å². The Bertz CT molecular complexity index is 64.4. The van der Waals surface area contributed by atoms with Crippen LogP contribution in [0.2, 0.25) is 0 Å². The Hall–Kier alpha value is -0.160. The number of aliphatic hydroxyl groups is 2. The van der Waals surface area contributed by atoms with E-state index in [1.54, 1.807) is 0 Å². The van der Waals surface area contributed by atoms with E-state index in [1.165, 1.54) is 0 Å². The highest BCUT2D eigenvalue weighted by Crippen LogP contribution is 2.02. The van der Waals surface area contributed by atoms with Gasteiger partial charge in [-0.15, -0.1) is 0 Å². The Morgan fingerprint density at radius 1 is 1.00 bits per heavy atom. The van der Waals surface area contributed by atoms with E-state index >= 15 is 0 Å². The molecular weight excluding hydrogens is 112 g/mol. The number of rotatable bonds is 0. The second-order valence-electron chi connectivity index (χ2n) is 1.52. The van der Waals surface area contributed by atoms with E-state index in [0.29, 0.717) is 13.2 Å². The third-order valence-corrected chi connectivity index (χ3v) is 0.904. The molecule has 1 rings (SSSR count). The van der Waals surface area contributed by atoms with E-state index in [0.717, 1.165) is 0 Å². The molecule has 4 heteroatoms. The highest BCUT2D eigenvalue weighted by atomic mass is 16.7. The van der Waals surface area contributed by atoms with Crippen LogP contribution in [0.5, 0.6) is 0 Å². The average Bonchev–Trinajstić information content (AvgIpc) is 1.77. The highest BCUT2D eigenvalue weighted by Gasteiger charge is 2.20. The summed E-state index contributed by atoms with van der Waals surface area (Å²) in [5.41, 5.74) is 0. The fourth-order valence-electron chi connectivity index (χ4n) is 0.502. The minimum absolute atomic E-state index is 0.345. The maximum absolute atomic E-state index is 8.58. The largest absolute Gasteiger partial charge is 0.364 e. The van der Waals surface area contributed by atoms with Crippen molar-refractivity contribution >= 4 is 0 Å². The third-order valence-electron chi connectivity index (χ3n) is 0.904. The molecule has 0 radical (unpaired) electrons. The topological polar surface area (TPSA) is 58.9 Å². The van der Waals surface area contributed by atoms with Gasteiger partial charge in [0.05, 0.1) is 13.2 Å². The summed E-state index contributed by atoms with van der Waals surface area (Å²) in [5, 5.41) is 17.2. The summed E-state index contributed by atoms with van der Waals surface area (Å²) in [4.78, 5) is 0. The first-order chi connectivity index (χ1) is 3.80. The molecule has 1 aliphatic rings. The van der Waals surface area contributed by atoms with Crippen molar-refractivity contribution in [3.05, 3.63) is 0 Å². The highest BCUT2D eigenvalue weighted by molar-refractivity contribution is 4.49. The molecule has 0 aliphatic carbocycles. The van der Waals surface area contributed by atoms with E-state index in [4.69, 9.17) is 10.2 Å². The van der Waals surface area contributed by atoms with Crippen LogP contribution < -0.4 is 0 Å². The SMILES string of the molecule is O[C@@H]1OCCO[C@@H]1O. The van der Waals surface area contributed by atoms with E-state index in [-0.39, 0.29) is 0 Å². The van der Waals surface area contributed by atoms with Crippen LogP contribution in [0.4, 0.5) is 0 Å². The minimum atomic E-state index is -1.16. The first-order valence-corrected chi connectivity index (χ1v) is 2.40. The molecule has 0 bridgehead atoms. The molecule has 48 valence electrons. The van der Waals surface area contributed by atoms with Crippen LogP contribution in [0, 0.1) is 0 Å². The fourth-order valence-corrected chi connectivity index (χ4v) is 0.502. The van der Waals surface area contributed by atoms with Gasteiger partial charge in [0, 0.05) is 0 Å². The average molecular weight is 120 g/mol. The van der Waals surface area contributed by atoms with Crippen molar-refractivity contribution in [1.82, 2.24) is 0 Å². The zero-order valence-corrected chi connectivity index (χ0v) is 4.28. The van der Waals surface area contributed by atoms with Gasteiger partial charge in [0.15, 0.2) is 0 Å². The number of aliphatic hydroxyl groups excluding tert-OH is 2. The molecule has 4 nitrogen and oxygen atoms in total. The van der Waals surface area contributed by atoms with Gasteiger partial charge in [-0.05, 0) is 0 Å². The Labute approximate surface area is 46.6 Å². The Balaban J connectivity index is 2.28. The molecule has 0 amide bonds. The van der Waals surface area contributed by atoms with E-state index in [1.807, 2.05) is 0 Å². The van der Waals surface area contributed by atoms with Crippen molar-refractivity contribution in [2.45, 2.75) is 12.6 Å². The summed E-state index contributed by atoms with van der Waals surface area (Å²) < 4.78 is 9.14. The zero-order chi connectivity index (χ0) is 5.98. The van der Waals surface area contributed by atoms with Crippen molar-refractivity contribution in [2.24, 2.45) is 0 Å². The van der Waals surface area contributed by atoms with Crippen molar-refractivity contribution in [3.8, 4) is 0 Å². The smallest absolute Gasteiger partial charge is 0.206 e. The number of hydrogen-bond donors (Lipinski definition) is 2. The second-order valence-corrected chi connectivity index (χ2v) is 1.52. The summed E-state index contributed by atoms with van der Waals surface area (Å²) in [6, 6.07) is 0. The van der Waals surface area contributed by atoms with E-state index in [2.05, 4.69) is 9.47 Å². The monoisotopic (exact) mass is 120 g/mol. The second kappa shape index (κ2) is 2.41. The predicted octanol–water partition coefficient (Wildman–Crippen LogP) is -1.33. The molecule has 0 spiro atoms. The minimum Gasteiger partial charge on any atom is -0.364 e. The molecule has 1 saturated heterocycles. The van der Waals surface area contributed by atoms with Gasteiger partial charge in [-0.3, -0.25) is 0 Å². The van der Waals surface area contributed by atoms with Crippen LogP contribution >= 0.6 is 0 Å². The molecule has 0 unspecified atom stereocenters. The third kappa shape index (κ3) is 1.16. The van der Waals surface area contributed by atoms with Crippen molar-refractivity contribution in [3.63, 3.8) is 0 Å². The molecule has 2 N–H and O–H groups in total. The van der Waals surface area contributed by atoms with Crippen LogP contribution in [-0.2, 0) is 9.47 Å². The molecular formula is C4H8O4. The summed E-state index contributed by atoms with van der Waals surface area (Å²) in [6.45, 7) is 0.691. The molecule has 0 aromatic heterocycles. The van der Waals surface area contributed by atoms with Gasteiger partial charge in [-0.2, -0.15) is 0 Å². The molecule has 1 aliphatic heterocycles. The van der Waals surface area contributed by atoms with Gasteiger partial charge in [0.2, 0.25) is 12.6 Å². The van der Waals surface area contributed by atoms with Crippen LogP contribution in [0.15, 0.2) is 0 Å². The zero-order valence-electron chi connectivity index (χ0n) is 4.28. The van der Waals surface area contributed by atoms with Crippen LogP contribution in [0.3, 0.4) is 0 Å². The Morgan fingerprint density at radius 3 is 1.62 bits per heavy atom. The number of ether oxygens (including phenoxy) is 2. The fraction of sp³-hybridized carbons (Fsp3) is 1.00. The standard InChI is InChI=1S/C4H8O4/c5-3-4(6)8-2-1-7-3/h3-6H,1-2H2/t3-,4+.